The van der Waals surface area contributed by atoms with Crippen molar-refractivity contribution in [2.24, 2.45) is 40.7 Å². The minimum Gasteiger partial charge on any atom is -0.491 e. The lowest BCUT2D eigenvalue weighted by Gasteiger charge is -2.44. The summed E-state index contributed by atoms with van der Waals surface area (Å²) in [4.78, 5) is 74.4. The molecule has 17 nitrogen and oxygen atoms in total. The highest BCUT2D eigenvalue weighted by Crippen LogP contribution is 2.46. The number of carbonyl (C=O) groups is 6. The van der Waals surface area contributed by atoms with E-state index in [0.29, 0.717) is 61.8 Å². The number of aliphatic carboxylic acids is 1. The number of esters is 3. The van der Waals surface area contributed by atoms with Gasteiger partial charge < -0.3 is 50.2 Å². The van der Waals surface area contributed by atoms with Crippen LogP contribution in [0.4, 0.5) is 0 Å². The molecule has 2 aromatic rings. The Morgan fingerprint density at radius 1 is 0.937 bits per heavy atom. The number of aliphatic hydroxyl groups excluding tert-OH is 2. The van der Waals surface area contributed by atoms with Crippen molar-refractivity contribution in [3.8, 4) is 5.75 Å². The number of hydrogen-bond donors (Lipinski definition) is 6. The van der Waals surface area contributed by atoms with E-state index >= 15 is 0 Å². The van der Waals surface area contributed by atoms with Gasteiger partial charge in [0.2, 0.25) is 11.8 Å². The van der Waals surface area contributed by atoms with Gasteiger partial charge in [-0.1, -0.05) is 102 Å². The third kappa shape index (κ3) is 19.6. The van der Waals surface area contributed by atoms with Crippen LogP contribution in [-0.4, -0.2) is 130 Å². The van der Waals surface area contributed by atoms with Gasteiger partial charge in [0.15, 0.2) is 0 Å². The molecular formula is C62H92N4O13. The molecular weight excluding hydrogens is 1010 g/mol. The highest BCUT2D eigenvalue weighted by atomic mass is 16.6. The first-order valence-electron chi connectivity index (χ1n) is 28.9. The number of primary amides is 1. The maximum absolute atomic E-state index is 13.2. The van der Waals surface area contributed by atoms with Crippen LogP contribution in [0.1, 0.15) is 144 Å². The molecule has 17 heteroatoms. The first-order chi connectivity index (χ1) is 37.5. The number of allylic oxidation sites excluding steroid dienone is 3. The van der Waals surface area contributed by atoms with Crippen LogP contribution in [0.3, 0.4) is 0 Å². The van der Waals surface area contributed by atoms with Crippen molar-refractivity contribution in [1.29, 1.82) is 0 Å². The second kappa shape index (κ2) is 30.8. The number of amides is 2. The van der Waals surface area contributed by atoms with Crippen LogP contribution in [0.25, 0.3) is 0 Å². The van der Waals surface area contributed by atoms with Gasteiger partial charge >= 0.3 is 23.9 Å². The number of nitrogens with zero attached hydrogens (tertiary/aromatic N) is 1. The third-order valence-electron chi connectivity index (χ3n) is 16.2. The molecule has 1 unspecified atom stereocenters. The smallest absolute Gasteiger partial charge is 0.326 e. The van der Waals surface area contributed by atoms with Crippen LogP contribution in [0.5, 0.6) is 5.75 Å². The zero-order chi connectivity index (χ0) is 58.0. The number of carbonyl (C=O) groups excluding carboxylic acids is 5. The van der Waals surface area contributed by atoms with Crippen LogP contribution < -0.4 is 21.1 Å². The van der Waals surface area contributed by atoms with E-state index in [1.165, 1.54) is 5.57 Å². The molecule has 13 atom stereocenters. The molecule has 2 saturated heterocycles. The van der Waals surface area contributed by atoms with Crippen molar-refractivity contribution >= 4 is 35.7 Å². The van der Waals surface area contributed by atoms with Gasteiger partial charge in [-0.25, -0.2) is 4.79 Å². The summed E-state index contributed by atoms with van der Waals surface area (Å²) in [6, 6.07) is 15.2. The van der Waals surface area contributed by atoms with Gasteiger partial charge in [0.05, 0.1) is 37.0 Å². The van der Waals surface area contributed by atoms with Crippen molar-refractivity contribution in [2.45, 2.75) is 200 Å². The first kappa shape index (κ1) is 64.2. The standard InChI is InChI=1S/C25H38O5.C23H32N2O5.C14H22N2O3/c1-6-25(4,5)24(28)30-21-12-15(2)11-17-8-7-16(3)20(23(17)21)10-9-19-13-18(26)14-22(27)29-19;1-3-30-23(29)18(13-12-16-8-5-4-6-9-16)24-15(2)21(26)25-19-11-7-10-17(19)14-20(25)22(27)28;1-10(2)16-8-12(17)9-19-13-5-3-11(4-6-13)7-14(15)18/h7-8,11,15-16,18-21,23,26H,6,9-10,12-14H2,1-5H3;4-6,8-9,15,17-20,24H,3,7,10-14H2,1-2H3,(H,27,28);3-6,10,12,16-17H,7-9H2,1-2H3,(H2,15,18)/t15-,16-,18+,19+,20-,21-,23-;15-,17-,18-,19-,20-;/m00./s1. The van der Waals surface area contributed by atoms with Gasteiger partial charge in [-0.15, -0.1) is 0 Å². The quantitative estimate of drug-likeness (QED) is 0.0468. The SMILES string of the molecule is CC(C)NCC(O)COc1ccc(CC(N)=O)cc1.CCC(C)(C)C(=O)O[C@H]1C[C@@H](C)C=C2C=C[C@H](C)[C@H](CC[C@@H]3C[C@@H](O)CC(=O)O3)[C@H]21.CCOC(=O)[C@H](CCc1ccccc1)N[C@@H](C)C(=O)N1[C@H](C(=O)O)C[C@@H]2CCC[C@@H]21. The highest BCUT2D eigenvalue weighted by molar-refractivity contribution is 5.88. The number of aryl methyl sites for hydroxylation is 1. The molecule has 438 valence electrons. The molecule has 3 fully saturated rings. The number of benzene rings is 2. The third-order valence-corrected chi connectivity index (χ3v) is 16.2. The van der Waals surface area contributed by atoms with E-state index in [0.717, 1.165) is 56.1 Å². The zero-order valence-electron chi connectivity index (χ0n) is 48.3. The fraction of sp³-hybridized carbons (Fsp3) is 0.645. The number of likely N-dealkylation sites (tertiary alicyclic amines) is 1. The number of nitrogens with one attached hydrogen (secondary N) is 2. The summed E-state index contributed by atoms with van der Waals surface area (Å²) in [6.07, 6.45) is 13.8. The lowest BCUT2D eigenvalue weighted by Crippen LogP contribution is -2.55. The maximum Gasteiger partial charge on any atom is 0.326 e. The monoisotopic (exact) mass is 1100 g/mol. The second-order valence-electron chi connectivity index (χ2n) is 23.4. The molecule has 7 N–H and O–H groups in total. The molecule has 0 spiro atoms. The van der Waals surface area contributed by atoms with E-state index < -0.39 is 41.7 Å². The molecule has 2 aliphatic heterocycles. The molecule has 0 bridgehead atoms. The molecule has 0 radical (unpaired) electrons. The largest absolute Gasteiger partial charge is 0.491 e. The predicted octanol–water partition coefficient (Wildman–Crippen LogP) is 7.42. The molecule has 0 aromatic heterocycles. The summed E-state index contributed by atoms with van der Waals surface area (Å²) in [6.45, 7) is 18.8. The fourth-order valence-electron chi connectivity index (χ4n) is 11.5. The molecule has 2 aromatic carbocycles. The Morgan fingerprint density at radius 2 is 1.65 bits per heavy atom. The van der Waals surface area contributed by atoms with Gasteiger partial charge in [-0.3, -0.25) is 29.3 Å². The summed E-state index contributed by atoms with van der Waals surface area (Å²) in [5.41, 5.74) is 7.85. The predicted molar refractivity (Wildman–Crippen MR) is 301 cm³/mol. The zero-order valence-corrected chi connectivity index (χ0v) is 48.3. The summed E-state index contributed by atoms with van der Waals surface area (Å²) in [7, 11) is 0. The normalized spacial score (nSPS) is 26.3. The summed E-state index contributed by atoms with van der Waals surface area (Å²) in [5, 5.41) is 35.5. The number of hydrogen-bond acceptors (Lipinski definition) is 14. The van der Waals surface area contributed by atoms with Gasteiger partial charge in [0, 0.05) is 31.0 Å². The molecule has 2 heterocycles. The summed E-state index contributed by atoms with van der Waals surface area (Å²) >= 11 is 0. The van der Waals surface area contributed by atoms with Crippen molar-refractivity contribution in [2.75, 3.05) is 19.8 Å². The van der Waals surface area contributed by atoms with Crippen molar-refractivity contribution in [3.63, 3.8) is 0 Å². The van der Waals surface area contributed by atoms with E-state index in [1.807, 2.05) is 65.0 Å². The molecule has 79 heavy (non-hydrogen) atoms. The molecule has 3 aliphatic carbocycles. The van der Waals surface area contributed by atoms with E-state index in [4.69, 9.17) is 24.7 Å². The van der Waals surface area contributed by atoms with Gasteiger partial charge in [-0.2, -0.15) is 0 Å². The van der Waals surface area contributed by atoms with Gasteiger partial charge in [0.25, 0.3) is 0 Å². The number of fused-ring (bicyclic) bond motifs is 2. The Balaban J connectivity index is 0.000000224. The highest BCUT2D eigenvalue weighted by Gasteiger charge is 2.50. The minimum atomic E-state index is -0.948. The van der Waals surface area contributed by atoms with E-state index in [-0.39, 0.29) is 85.9 Å². The number of cyclic esters (lactones) is 1. The fourth-order valence-corrected chi connectivity index (χ4v) is 11.5. The topological polar surface area (TPSA) is 253 Å². The second-order valence-corrected chi connectivity index (χ2v) is 23.4. The van der Waals surface area contributed by atoms with Crippen LogP contribution in [0, 0.1) is 35.0 Å². The Bertz CT molecular complexity index is 2360. The molecule has 2 amide bonds. The number of carboxylic acids is 1. The summed E-state index contributed by atoms with van der Waals surface area (Å²) < 4.78 is 22.3. The number of aliphatic hydroxyl groups is 2. The Morgan fingerprint density at radius 3 is 2.28 bits per heavy atom. The average molecular weight is 1100 g/mol. The number of nitrogens with two attached hydrogens (primary N) is 1. The van der Waals surface area contributed by atoms with Crippen LogP contribution in [0.15, 0.2) is 78.4 Å². The Kier molecular flexibility index (Phi) is 25.1. The Hall–Kier alpha value is -5.62. The molecule has 1 saturated carbocycles. The maximum atomic E-state index is 13.2. The van der Waals surface area contributed by atoms with Crippen LogP contribution in [0.2, 0.25) is 0 Å². The van der Waals surface area contributed by atoms with Crippen molar-refractivity contribution in [1.82, 2.24) is 15.5 Å². The number of carboxylic acid groups (broad SMARTS) is 1. The Labute approximate surface area is 468 Å². The molecule has 5 aliphatic rings. The van der Waals surface area contributed by atoms with Crippen molar-refractivity contribution in [3.05, 3.63) is 89.5 Å². The van der Waals surface area contributed by atoms with E-state index in [1.54, 1.807) is 43.0 Å². The first-order valence-corrected chi connectivity index (χ1v) is 28.9. The number of rotatable bonds is 23. The van der Waals surface area contributed by atoms with Crippen LogP contribution >= 0.6 is 0 Å². The molecule has 7 rings (SSSR count). The van der Waals surface area contributed by atoms with Gasteiger partial charge in [0.1, 0.15) is 42.8 Å². The lowest BCUT2D eigenvalue weighted by molar-refractivity contribution is -0.166. The number of ether oxygens (including phenoxy) is 4. The average Bonchev–Trinajstić information content (AvgIpc) is 4.10. The van der Waals surface area contributed by atoms with Crippen molar-refractivity contribution < 1.29 is 63.0 Å². The summed E-state index contributed by atoms with van der Waals surface area (Å²) in [5.74, 6) is -0.232. The minimum absolute atomic E-state index is 0.00629. The van der Waals surface area contributed by atoms with E-state index in [9.17, 15) is 44.1 Å². The lowest BCUT2D eigenvalue weighted by atomic mass is 9.65. The van der Waals surface area contributed by atoms with E-state index in [2.05, 4.69) is 42.7 Å². The van der Waals surface area contributed by atoms with Crippen LogP contribution in [-0.2, 0) is 55.8 Å². The van der Waals surface area contributed by atoms with Gasteiger partial charge in [-0.05, 0) is 138 Å².